The minimum atomic E-state index is 0.401. The summed E-state index contributed by atoms with van der Waals surface area (Å²) in [4.78, 5) is 16.7. The van der Waals surface area contributed by atoms with Gasteiger partial charge in [0.2, 0.25) is 17.0 Å². The van der Waals surface area contributed by atoms with Gasteiger partial charge in [0.1, 0.15) is 11.5 Å². The average molecular weight is 453 g/mol. The SMILES string of the molecule is C=C1N(CCCCc2nc(-c3ccccc3)no2)C(=CCC)c2[nH]c(Cl)nc2N1CCC. The Morgan fingerprint density at radius 1 is 1.09 bits per heavy atom. The lowest BCUT2D eigenvalue weighted by Gasteiger charge is -2.40. The van der Waals surface area contributed by atoms with Crippen molar-refractivity contribution in [2.24, 2.45) is 0 Å². The van der Waals surface area contributed by atoms with Crippen LogP contribution < -0.4 is 4.90 Å². The third-order valence-corrected chi connectivity index (χ3v) is 5.63. The number of imidazole rings is 1. The molecule has 0 atom stereocenters. The molecule has 168 valence electrons. The Morgan fingerprint density at radius 3 is 2.66 bits per heavy atom. The number of hydrogen-bond donors (Lipinski definition) is 1. The van der Waals surface area contributed by atoms with Crippen LogP contribution in [0.5, 0.6) is 0 Å². The summed E-state index contributed by atoms with van der Waals surface area (Å²) in [6.45, 7) is 10.3. The molecule has 0 radical (unpaired) electrons. The van der Waals surface area contributed by atoms with Crippen molar-refractivity contribution in [3.8, 4) is 11.4 Å². The number of H-pyrrole nitrogens is 1. The van der Waals surface area contributed by atoms with E-state index in [0.29, 0.717) is 17.0 Å². The van der Waals surface area contributed by atoms with E-state index < -0.39 is 0 Å². The third-order valence-electron chi connectivity index (χ3n) is 5.45. The monoisotopic (exact) mass is 452 g/mol. The van der Waals surface area contributed by atoms with E-state index in [9.17, 15) is 0 Å². The number of fused-ring (bicyclic) bond motifs is 1. The van der Waals surface area contributed by atoms with Gasteiger partial charge in [0, 0.05) is 25.1 Å². The van der Waals surface area contributed by atoms with Crippen LogP contribution in [0.2, 0.25) is 5.28 Å². The van der Waals surface area contributed by atoms with Crippen LogP contribution in [0.4, 0.5) is 5.82 Å². The van der Waals surface area contributed by atoms with Gasteiger partial charge < -0.3 is 19.3 Å². The molecule has 0 bridgehead atoms. The van der Waals surface area contributed by atoms with Gasteiger partial charge in [-0.1, -0.05) is 62.0 Å². The molecular formula is C24H29ClN6O. The largest absolute Gasteiger partial charge is 0.339 e. The third kappa shape index (κ3) is 4.58. The number of anilines is 1. The molecule has 0 aliphatic carbocycles. The summed E-state index contributed by atoms with van der Waals surface area (Å²) in [7, 11) is 0. The molecule has 4 rings (SSSR count). The highest BCUT2D eigenvalue weighted by Crippen LogP contribution is 2.39. The standard InChI is InChI=1S/C24H29ClN6O/c1-4-11-19-21-23(28-24(25)27-21)31(15-5-2)17(3)30(19)16-10-9-14-20-26-22(29-32-20)18-12-7-6-8-13-18/h6-8,11-13H,3-5,9-10,14-16H2,1-2H3,(H,27,28). The molecule has 8 heteroatoms. The van der Waals surface area contributed by atoms with Gasteiger partial charge in [0.25, 0.3) is 0 Å². The number of aromatic nitrogens is 4. The van der Waals surface area contributed by atoms with Crippen molar-refractivity contribution < 1.29 is 4.52 Å². The van der Waals surface area contributed by atoms with Crippen molar-refractivity contribution in [3.05, 3.63) is 65.7 Å². The first-order chi connectivity index (χ1) is 15.6. The maximum absolute atomic E-state index is 6.23. The summed E-state index contributed by atoms with van der Waals surface area (Å²) in [5, 5.41) is 4.51. The van der Waals surface area contributed by atoms with Crippen LogP contribution >= 0.6 is 11.6 Å². The van der Waals surface area contributed by atoms with Gasteiger partial charge in [-0.05, 0) is 37.3 Å². The first-order valence-electron chi connectivity index (χ1n) is 11.2. The van der Waals surface area contributed by atoms with Crippen LogP contribution in [0, 0.1) is 0 Å². The fourth-order valence-corrected chi connectivity index (χ4v) is 4.15. The summed E-state index contributed by atoms with van der Waals surface area (Å²) >= 11 is 6.23. The number of allylic oxidation sites excluding steroid dienone is 1. The second-order valence-electron chi connectivity index (χ2n) is 7.78. The van der Waals surface area contributed by atoms with E-state index in [-0.39, 0.29) is 0 Å². The van der Waals surface area contributed by atoms with Crippen LogP contribution in [0.1, 0.15) is 51.1 Å². The van der Waals surface area contributed by atoms with Crippen LogP contribution in [0.3, 0.4) is 0 Å². The first-order valence-corrected chi connectivity index (χ1v) is 11.6. The highest BCUT2D eigenvalue weighted by Gasteiger charge is 2.32. The zero-order valence-electron chi connectivity index (χ0n) is 18.6. The predicted octanol–water partition coefficient (Wildman–Crippen LogP) is 5.89. The quantitative estimate of drug-likeness (QED) is 0.408. The second kappa shape index (κ2) is 10.0. The average Bonchev–Trinajstić information content (AvgIpc) is 3.43. The lowest BCUT2D eigenvalue weighted by atomic mass is 10.1. The van der Waals surface area contributed by atoms with Crippen molar-refractivity contribution in [3.63, 3.8) is 0 Å². The highest BCUT2D eigenvalue weighted by molar-refractivity contribution is 6.28. The molecule has 1 N–H and O–H groups in total. The van der Waals surface area contributed by atoms with E-state index in [1.807, 2.05) is 30.3 Å². The van der Waals surface area contributed by atoms with Gasteiger partial charge >= 0.3 is 0 Å². The van der Waals surface area contributed by atoms with Gasteiger partial charge in [-0.3, -0.25) is 0 Å². The molecule has 0 fully saturated rings. The molecule has 32 heavy (non-hydrogen) atoms. The Balaban J connectivity index is 1.42. The number of benzene rings is 1. The molecule has 2 aromatic heterocycles. The van der Waals surface area contributed by atoms with Crippen molar-refractivity contribution in [1.29, 1.82) is 0 Å². The molecule has 0 saturated carbocycles. The van der Waals surface area contributed by atoms with E-state index >= 15 is 0 Å². The van der Waals surface area contributed by atoms with Crippen molar-refractivity contribution in [2.45, 2.75) is 46.0 Å². The topological polar surface area (TPSA) is 74.1 Å². The van der Waals surface area contributed by atoms with E-state index in [1.54, 1.807) is 0 Å². The fraction of sp³-hybridized carbons (Fsp3) is 0.375. The van der Waals surface area contributed by atoms with E-state index in [2.05, 4.69) is 56.4 Å². The number of halogens is 1. The molecule has 1 aromatic carbocycles. The van der Waals surface area contributed by atoms with Gasteiger partial charge in [-0.2, -0.15) is 9.97 Å². The first kappa shape index (κ1) is 22.1. The zero-order valence-corrected chi connectivity index (χ0v) is 19.4. The fourth-order valence-electron chi connectivity index (χ4n) is 3.97. The summed E-state index contributed by atoms with van der Waals surface area (Å²) in [6.07, 6.45) is 6.74. The van der Waals surface area contributed by atoms with Gasteiger partial charge in [-0.15, -0.1) is 0 Å². The molecule has 1 aliphatic heterocycles. The van der Waals surface area contributed by atoms with Crippen molar-refractivity contribution >= 4 is 23.1 Å². The summed E-state index contributed by atoms with van der Waals surface area (Å²) in [5.41, 5.74) is 3.01. The summed E-state index contributed by atoms with van der Waals surface area (Å²) in [5.74, 6) is 3.10. The van der Waals surface area contributed by atoms with E-state index in [0.717, 1.165) is 73.8 Å². The molecule has 0 unspecified atom stereocenters. The lowest BCUT2D eigenvalue weighted by molar-refractivity contribution is 0.369. The minimum absolute atomic E-state index is 0.401. The maximum atomic E-state index is 6.23. The number of nitrogens with zero attached hydrogens (tertiary/aromatic N) is 5. The van der Waals surface area contributed by atoms with Crippen molar-refractivity contribution in [2.75, 3.05) is 18.0 Å². The predicted molar refractivity (Wildman–Crippen MR) is 128 cm³/mol. The van der Waals surface area contributed by atoms with Gasteiger partial charge in [0.15, 0.2) is 5.82 Å². The van der Waals surface area contributed by atoms with Gasteiger partial charge in [0.05, 0.1) is 5.70 Å². The van der Waals surface area contributed by atoms with Crippen LogP contribution in [0.15, 0.2) is 53.3 Å². The number of rotatable bonds is 9. The Hall–Kier alpha value is -3.06. The normalized spacial score (nSPS) is 15.0. The molecule has 7 nitrogen and oxygen atoms in total. The van der Waals surface area contributed by atoms with E-state index in [4.69, 9.17) is 16.1 Å². The number of aryl methyl sites for hydroxylation is 1. The Kier molecular flexibility index (Phi) is 6.95. The minimum Gasteiger partial charge on any atom is -0.339 e. The summed E-state index contributed by atoms with van der Waals surface area (Å²) in [6, 6.07) is 9.88. The van der Waals surface area contributed by atoms with E-state index in [1.165, 1.54) is 0 Å². The molecule has 3 heterocycles. The second-order valence-corrected chi connectivity index (χ2v) is 8.14. The van der Waals surface area contributed by atoms with Crippen LogP contribution in [0.25, 0.3) is 17.1 Å². The zero-order chi connectivity index (χ0) is 22.5. The molecular weight excluding hydrogens is 424 g/mol. The number of unbranched alkanes of at least 4 members (excludes halogenated alkanes) is 1. The summed E-state index contributed by atoms with van der Waals surface area (Å²) < 4.78 is 5.45. The van der Waals surface area contributed by atoms with Crippen LogP contribution in [-0.4, -0.2) is 38.1 Å². The maximum Gasteiger partial charge on any atom is 0.226 e. The molecule has 1 aliphatic rings. The Bertz CT molecular complexity index is 1090. The Morgan fingerprint density at radius 2 is 1.91 bits per heavy atom. The smallest absolute Gasteiger partial charge is 0.226 e. The van der Waals surface area contributed by atoms with Crippen LogP contribution in [-0.2, 0) is 6.42 Å². The number of nitrogens with one attached hydrogen (secondary N) is 1. The molecule has 0 spiro atoms. The van der Waals surface area contributed by atoms with Crippen molar-refractivity contribution in [1.82, 2.24) is 25.0 Å². The molecule has 3 aromatic rings. The number of hydrogen-bond acceptors (Lipinski definition) is 6. The lowest BCUT2D eigenvalue weighted by Crippen LogP contribution is -2.39. The highest BCUT2D eigenvalue weighted by atomic mass is 35.5. The molecule has 0 amide bonds. The van der Waals surface area contributed by atoms with Gasteiger partial charge in [-0.25, -0.2) is 0 Å². The Labute approximate surface area is 193 Å². The molecule has 0 saturated heterocycles. The number of aromatic amines is 1.